The molecule has 5 nitrogen and oxygen atoms in total. The Morgan fingerprint density at radius 1 is 1.57 bits per heavy atom. The van der Waals surface area contributed by atoms with Crippen molar-refractivity contribution in [1.29, 1.82) is 0 Å². The van der Waals surface area contributed by atoms with Crippen LogP contribution in [0.4, 0.5) is 8.78 Å². The zero-order valence-electron chi connectivity index (χ0n) is 11.3. The Morgan fingerprint density at radius 3 is 2.57 bits per heavy atom. The van der Waals surface area contributed by atoms with Crippen molar-refractivity contribution in [2.45, 2.75) is 32.0 Å². The summed E-state index contributed by atoms with van der Waals surface area (Å²) >= 11 is 2.85. The Labute approximate surface area is 129 Å². The van der Waals surface area contributed by atoms with Gasteiger partial charge in [-0.25, -0.2) is 0 Å². The number of benzene rings is 1. The predicted octanol–water partition coefficient (Wildman–Crippen LogP) is 3.60. The van der Waals surface area contributed by atoms with Crippen LogP contribution in [0.3, 0.4) is 0 Å². The molecule has 0 bridgehead atoms. The van der Waals surface area contributed by atoms with E-state index in [1.165, 1.54) is 6.92 Å². The van der Waals surface area contributed by atoms with Gasteiger partial charge >= 0.3 is 13.3 Å². The lowest BCUT2D eigenvalue weighted by Gasteiger charge is -2.25. The summed E-state index contributed by atoms with van der Waals surface area (Å²) in [6.45, 7) is 3.06. The van der Waals surface area contributed by atoms with Gasteiger partial charge in [-0.15, -0.1) is 0 Å². The van der Waals surface area contributed by atoms with Gasteiger partial charge in [0.1, 0.15) is 0 Å². The summed E-state index contributed by atoms with van der Waals surface area (Å²) in [5.41, 5.74) is 0.165. The molecule has 9 heteroatoms. The van der Waals surface area contributed by atoms with Gasteiger partial charge in [0, 0.05) is 15.6 Å². The van der Waals surface area contributed by atoms with Crippen LogP contribution in [0.25, 0.3) is 0 Å². The van der Waals surface area contributed by atoms with E-state index in [4.69, 9.17) is 5.73 Å². The van der Waals surface area contributed by atoms with Crippen LogP contribution in [0.1, 0.15) is 36.2 Å². The first-order valence-corrected chi connectivity index (χ1v) is 8.39. The molecule has 2 atom stereocenters. The van der Waals surface area contributed by atoms with E-state index in [9.17, 15) is 23.0 Å². The van der Waals surface area contributed by atoms with Crippen molar-refractivity contribution in [3.8, 4) is 0 Å². The molecule has 2 unspecified atom stereocenters. The number of alkyl halides is 2. The van der Waals surface area contributed by atoms with Crippen molar-refractivity contribution in [1.82, 2.24) is 0 Å². The molecule has 0 spiro atoms. The molecule has 0 aliphatic heterocycles. The fourth-order valence-electron chi connectivity index (χ4n) is 1.45. The van der Waals surface area contributed by atoms with Gasteiger partial charge in [0.15, 0.2) is 0 Å². The van der Waals surface area contributed by atoms with Gasteiger partial charge in [0.2, 0.25) is 5.91 Å². The Kier molecular flexibility index (Phi) is 5.66. The zero-order valence-corrected chi connectivity index (χ0v) is 13.8. The molecule has 1 aromatic rings. The molecule has 0 heterocycles. The smallest absolute Gasteiger partial charge is 0.366 e. The maximum atomic E-state index is 14.2. The number of hydrogen-bond acceptors (Lipinski definition) is 3. The van der Waals surface area contributed by atoms with E-state index in [-0.39, 0.29) is 10.0 Å². The minimum atomic E-state index is -5.24. The van der Waals surface area contributed by atoms with E-state index >= 15 is 0 Å². The highest BCUT2D eigenvalue weighted by molar-refractivity contribution is 9.10. The average molecular weight is 386 g/mol. The molecule has 1 aromatic carbocycles. The van der Waals surface area contributed by atoms with Crippen molar-refractivity contribution >= 4 is 29.4 Å². The summed E-state index contributed by atoms with van der Waals surface area (Å²) < 4.78 is 44.7. The second kappa shape index (κ2) is 6.52. The van der Waals surface area contributed by atoms with Gasteiger partial charge in [-0.05, 0) is 25.5 Å². The van der Waals surface area contributed by atoms with Crippen molar-refractivity contribution in [2.24, 2.45) is 5.73 Å². The molecule has 0 aromatic heterocycles. The van der Waals surface area contributed by atoms with Gasteiger partial charge in [-0.2, -0.15) is 8.78 Å². The second-order valence-corrected chi connectivity index (χ2v) is 7.11. The summed E-state index contributed by atoms with van der Waals surface area (Å²) in [7, 11) is -5.24. The van der Waals surface area contributed by atoms with Gasteiger partial charge < -0.3 is 15.2 Å². The fraction of sp³-hybridized carbons (Fsp3) is 0.417. The minimum Gasteiger partial charge on any atom is -0.366 e. The van der Waals surface area contributed by atoms with Crippen LogP contribution >= 0.6 is 23.5 Å². The highest BCUT2D eigenvalue weighted by atomic mass is 79.9. The predicted molar refractivity (Wildman–Crippen MR) is 77.2 cm³/mol. The van der Waals surface area contributed by atoms with Gasteiger partial charge in [-0.1, -0.05) is 28.9 Å². The molecular weight excluding hydrogens is 371 g/mol. The summed E-state index contributed by atoms with van der Waals surface area (Å²) in [5, 5.41) is 0. The monoisotopic (exact) mass is 385 g/mol. The minimum absolute atomic E-state index is 0.00274. The molecular formula is C12H15BrF2NO4P. The van der Waals surface area contributed by atoms with Crippen LogP contribution in [0, 0.1) is 0 Å². The number of halogens is 3. The number of hydrogen-bond donors (Lipinski definition) is 2. The lowest BCUT2D eigenvalue weighted by atomic mass is 10.1. The third-order valence-electron chi connectivity index (χ3n) is 2.83. The third-order valence-corrected chi connectivity index (χ3v) is 5.08. The molecule has 118 valence electrons. The van der Waals surface area contributed by atoms with E-state index in [2.05, 4.69) is 20.5 Å². The Balaban J connectivity index is 3.24. The van der Waals surface area contributed by atoms with Gasteiger partial charge in [0.05, 0.1) is 6.10 Å². The Hall–Kier alpha value is -0.820. The molecule has 0 aliphatic carbocycles. The van der Waals surface area contributed by atoms with Crippen molar-refractivity contribution < 1.29 is 27.6 Å². The lowest BCUT2D eigenvalue weighted by Crippen LogP contribution is -2.20. The number of primary amides is 1. The van der Waals surface area contributed by atoms with Gasteiger partial charge in [-0.3, -0.25) is 9.36 Å². The number of carbonyl (C=O) groups is 1. The lowest BCUT2D eigenvalue weighted by molar-refractivity contribution is 0.0341. The van der Waals surface area contributed by atoms with Crippen LogP contribution in [-0.2, 0) is 14.8 Å². The largest absolute Gasteiger partial charge is 0.402 e. The maximum Gasteiger partial charge on any atom is 0.402 e. The number of rotatable bonds is 6. The van der Waals surface area contributed by atoms with E-state index < -0.39 is 30.8 Å². The molecule has 1 rings (SSSR count). The number of nitrogens with two attached hydrogens (primary N) is 1. The number of carbonyl (C=O) groups excluding carboxylic acids is 1. The quantitative estimate of drug-likeness (QED) is 0.732. The summed E-state index contributed by atoms with van der Waals surface area (Å²) in [6, 6.07) is 2.99. The highest BCUT2D eigenvalue weighted by Gasteiger charge is 2.54. The molecule has 0 radical (unpaired) electrons. The van der Waals surface area contributed by atoms with Crippen LogP contribution in [-0.4, -0.2) is 16.9 Å². The molecule has 1 amide bonds. The van der Waals surface area contributed by atoms with E-state index in [1.54, 1.807) is 6.92 Å². The van der Waals surface area contributed by atoms with Crippen molar-refractivity contribution in [3.05, 3.63) is 33.8 Å². The first kappa shape index (κ1) is 18.2. The summed E-state index contributed by atoms with van der Waals surface area (Å²) in [6.07, 6.45) is -0.488. The van der Waals surface area contributed by atoms with E-state index in [0.717, 1.165) is 18.2 Å². The van der Waals surface area contributed by atoms with Gasteiger partial charge in [0.25, 0.3) is 0 Å². The molecule has 0 fully saturated rings. The summed E-state index contributed by atoms with van der Waals surface area (Å²) in [5.74, 6) is -0.798. The van der Waals surface area contributed by atoms with Crippen LogP contribution in [0.15, 0.2) is 22.7 Å². The van der Waals surface area contributed by atoms with Crippen molar-refractivity contribution in [3.63, 3.8) is 0 Å². The topological polar surface area (TPSA) is 89.6 Å². The van der Waals surface area contributed by atoms with Crippen LogP contribution in [0.2, 0.25) is 0 Å². The molecule has 0 saturated heterocycles. The van der Waals surface area contributed by atoms with E-state index in [0.29, 0.717) is 6.42 Å². The van der Waals surface area contributed by atoms with E-state index in [1.807, 2.05) is 0 Å². The molecule has 0 saturated carbocycles. The van der Waals surface area contributed by atoms with Crippen molar-refractivity contribution in [2.75, 3.05) is 0 Å². The SMILES string of the molecule is CCC(C)OP(=O)(O)C(F)(F)c1ccc(C(N)=O)cc1Br. The molecule has 21 heavy (non-hydrogen) atoms. The first-order chi connectivity index (χ1) is 9.52. The van der Waals surface area contributed by atoms with Crippen LogP contribution in [0.5, 0.6) is 0 Å². The standard InChI is InChI=1S/C12H15BrF2NO4P/c1-3-7(2)20-21(18,19)12(14,15)9-5-4-8(11(16)17)6-10(9)13/h4-7H,3H2,1-2H3,(H2,16,17)(H,18,19). The first-order valence-electron chi connectivity index (χ1n) is 6.01. The number of amides is 1. The molecule has 3 N–H and O–H groups in total. The average Bonchev–Trinajstić information content (AvgIpc) is 2.37. The zero-order chi connectivity index (χ0) is 16.4. The van der Waals surface area contributed by atoms with Crippen LogP contribution < -0.4 is 5.73 Å². The Bertz CT molecular complexity index is 597. The fourth-order valence-corrected chi connectivity index (χ4v) is 3.50. The second-order valence-electron chi connectivity index (χ2n) is 4.44. The highest BCUT2D eigenvalue weighted by Crippen LogP contribution is 2.64. The normalized spacial score (nSPS) is 16.3. The summed E-state index contributed by atoms with van der Waals surface area (Å²) in [4.78, 5) is 20.6. The molecule has 0 aliphatic rings. The third kappa shape index (κ3) is 3.88. The Morgan fingerprint density at radius 2 is 2.14 bits per heavy atom. The maximum absolute atomic E-state index is 14.2.